The molecule has 0 radical (unpaired) electrons. The van der Waals surface area contributed by atoms with Crippen LogP contribution in [0.1, 0.15) is 11.5 Å². The maximum atomic E-state index is 12.0. The Morgan fingerprint density at radius 1 is 1.47 bits per heavy atom. The van der Waals surface area contributed by atoms with E-state index in [-0.39, 0.29) is 18.3 Å². The van der Waals surface area contributed by atoms with Crippen molar-refractivity contribution in [3.63, 3.8) is 0 Å². The zero-order chi connectivity index (χ0) is 14.3. The van der Waals surface area contributed by atoms with Crippen molar-refractivity contribution in [3.05, 3.63) is 35.9 Å². The zero-order valence-corrected chi connectivity index (χ0v) is 11.4. The van der Waals surface area contributed by atoms with Gasteiger partial charge in [-0.1, -0.05) is 35.5 Å². The maximum Gasteiger partial charge on any atom is 0.235 e. The predicted octanol–water partition coefficient (Wildman–Crippen LogP) is 0.0113. The lowest BCUT2D eigenvalue weighted by Gasteiger charge is -2.15. The molecule has 0 aliphatic heterocycles. The van der Waals surface area contributed by atoms with Gasteiger partial charge in [-0.2, -0.15) is 0 Å². The molecule has 7 heteroatoms. The summed E-state index contributed by atoms with van der Waals surface area (Å²) in [5.74, 6) is -1.05. The quantitative estimate of drug-likeness (QED) is 0.296. The molecule has 0 heterocycles. The fraction of sp³-hybridized carbons (Fsp3) is 0.333. The first-order chi connectivity index (χ1) is 9.06. The van der Waals surface area contributed by atoms with Crippen LogP contribution < -0.4 is 11.1 Å². The van der Waals surface area contributed by atoms with E-state index in [2.05, 4.69) is 10.5 Å². The van der Waals surface area contributed by atoms with Gasteiger partial charge in [-0.25, -0.2) is 0 Å². The lowest BCUT2D eigenvalue weighted by molar-refractivity contribution is -0.121. The molecule has 1 aromatic carbocycles. The highest BCUT2D eigenvalue weighted by atomic mass is 32.2. The van der Waals surface area contributed by atoms with Gasteiger partial charge in [0.25, 0.3) is 0 Å². The second-order valence-corrected chi connectivity index (χ2v) is 5.49. The average molecular weight is 283 g/mol. The number of amides is 1. The number of oxime groups is 1. The Morgan fingerprint density at radius 3 is 2.63 bits per heavy atom. The van der Waals surface area contributed by atoms with Gasteiger partial charge in [0.2, 0.25) is 5.91 Å². The van der Waals surface area contributed by atoms with Gasteiger partial charge in [-0.05, 0) is 5.56 Å². The molecular weight excluding hydrogens is 266 g/mol. The molecule has 0 spiro atoms. The SMILES string of the molecule is CS(=O)CCNC(=O)C(/C(N)=N/O)c1ccccc1. The maximum absolute atomic E-state index is 12.0. The normalized spacial score (nSPS) is 14.7. The molecule has 1 amide bonds. The summed E-state index contributed by atoms with van der Waals surface area (Å²) in [5, 5.41) is 14.3. The number of nitrogens with two attached hydrogens (primary N) is 1. The van der Waals surface area contributed by atoms with Crippen LogP contribution in [0.4, 0.5) is 0 Å². The third-order valence-corrected chi connectivity index (χ3v) is 3.27. The Kier molecular flexibility index (Phi) is 6.01. The molecule has 104 valence electrons. The third-order valence-electron chi connectivity index (χ3n) is 2.50. The molecule has 2 atom stereocenters. The Hall–Kier alpha value is -1.89. The van der Waals surface area contributed by atoms with Crippen LogP contribution in [0.2, 0.25) is 0 Å². The summed E-state index contributed by atoms with van der Waals surface area (Å²) >= 11 is 0. The highest BCUT2D eigenvalue weighted by Crippen LogP contribution is 2.15. The summed E-state index contributed by atoms with van der Waals surface area (Å²) in [6.07, 6.45) is 1.56. The number of nitrogens with one attached hydrogen (secondary N) is 1. The minimum absolute atomic E-state index is 0.179. The molecule has 0 fully saturated rings. The van der Waals surface area contributed by atoms with Gasteiger partial charge in [0.05, 0.1) is 0 Å². The predicted molar refractivity (Wildman–Crippen MR) is 74.5 cm³/mol. The molecule has 0 saturated heterocycles. The second kappa shape index (κ2) is 7.52. The van der Waals surface area contributed by atoms with E-state index in [1.165, 1.54) is 0 Å². The Labute approximate surface area is 114 Å². The van der Waals surface area contributed by atoms with Crippen LogP contribution >= 0.6 is 0 Å². The standard InChI is InChI=1S/C12H17N3O3S/c1-19(18)8-7-14-12(16)10(11(13)15-17)9-5-3-2-4-6-9/h2-6,10,17H,7-8H2,1H3,(H2,13,15)(H,14,16). The van der Waals surface area contributed by atoms with Gasteiger partial charge in [0, 0.05) is 29.4 Å². The minimum Gasteiger partial charge on any atom is -0.409 e. The number of amidine groups is 1. The van der Waals surface area contributed by atoms with Gasteiger partial charge in [0.1, 0.15) is 5.92 Å². The van der Waals surface area contributed by atoms with Crippen LogP contribution in [0.25, 0.3) is 0 Å². The molecule has 0 bridgehead atoms. The van der Waals surface area contributed by atoms with E-state index in [0.29, 0.717) is 11.3 Å². The number of carbonyl (C=O) groups is 1. The van der Waals surface area contributed by atoms with Crippen molar-refractivity contribution in [1.29, 1.82) is 0 Å². The molecule has 0 saturated carbocycles. The third kappa shape index (κ3) is 4.70. The van der Waals surface area contributed by atoms with Crippen LogP contribution in [0.5, 0.6) is 0 Å². The van der Waals surface area contributed by atoms with E-state index in [1.54, 1.807) is 30.5 Å². The van der Waals surface area contributed by atoms with Crippen molar-refractivity contribution in [2.75, 3.05) is 18.6 Å². The first-order valence-electron chi connectivity index (χ1n) is 5.66. The number of benzene rings is 1. The average Bonchev–Trinajstić information content (AvgIpc) is 2.39. The molecule has 2 unspecified atom stereocenters. The lowest BCUT2D eigenvalue weighted by atomic mass is 9.97. The molecule has 1 aromatic rings. The van der Waals surface area contributed by atoms with Crippen molar-refractivity contribution in [2.45, 2.75) is 5.92 Å². The summed E-state index contributed by atoms with van der Waals surface area (Å²) in [6.45, 7) is 0.282. The first kappa shape index (κ1) is 15.2. The molecule has 4 N–H and O–H groups in total. The molecule has 1 rings (SSSR count). The number of rotatable bonds is 6. The first-order valence-corrected chi connectivity index (χ1v) is 7.39. The van der Waals surface area contributed by atoms with Crippen LogP contribution in [0.15, 0.2) is 35.5 Å². The zero-order valence-electron chi connectivity index (χ0n) is 10.6. The van der Waals surface area contributed by atoms with Crippen LogP contribution in [-0.4, -0.2) is 39.7 Å². The van der Waals surface area contributed by atoms with Gasteiger partial charge in [-0.3, -0.25) is 9.00 Å². The van der Waals surface area contributed by atoms with E-state index in [0.717, 1.165) is 0 Å². The highest BCUT2D eigenvalue weighted by molar-refractivity contribution is 7.84. The molecule has 6 nitrogen and oxygen atoms in total. The minimum atomic E-state index is -0.978. The number of hydrogen-bond donors (Lipinski definition) is 3. The summed E-state index contributed by atoms with van der Waals surface area (Å²) in [5.41, 5.74) is 6.19. The van der Waals surface area contributed by atoms with Crippen molar-refractivity contribution in [3.8, 4) is 0 Å². The van der Waals surface area contributed by atoms with E-state index < -0.39 is 16.7 Å². The number of hydrogen-bond acceptors (Lipinski definition) is 4. The fourth-order valence-corrected chi connectivity index (χ4v) is 1.97. The second-order valence-electron chi connectivity index (χ2n) is 3.94. The van der Waals surface area contributed by atoms with Crippen molar-refractivity contribution >= 4 is 22.5 Å². The molecule has 0 aromatic heterocycles. The van der Waals surface area contributed by atoms with Crippen molar-refractivity contribution in [1.82, 2.24) is 5.32 Å². The van der Waals surface area contributed by atoms with Crippen LogP contribution in [0, 0.1) is 0 Å². The molecule has 0 aliphatic rings. The van der Waals surface area contributed by atoms with E-state index in [4.69, 9.17) is 10.9 Å². The lowest BCUT2D eigenvalue weighted by Crippen LogP contribution is -2.38. The van der Waals surface area contributed by atoms with Crippen molar-refractivity contribution in [2.24, 2.45) is 10.9 Å². The highest BCUT2D eigenvalue weighted by Gasteiger charge is 2.24. The summed E-state index contributed by atoms with van der Waals surface area (Å²) in [4.78, 5) is 12.0. The van der Waals surface area contributed by atoms with Gasteiger partial charge >= 0.3 is 0 Å². The number of nitrogens with zero attached hydrogens (tertiary/aromatic N) is 1. The largest absolute Gasteiger partial charge is 0.409 e. The summed E-state index contributed by atoms with van der Waals surface area (Å²) in [7, 11) is -0.978. The van der Waals surface area contributed by atoms with Gasteiger partial charge in [-0.15, -0.1) is 0 Å². The Bertz CT molecular complexity index is 476. The molecule has 0 aliphatic carbocycles. The van der Waals surface area contributed by atoms with E-state index >= 15 is 0 Å². The van der Waals surface area contributed by atoms with E-state index in [9.17, 15) is 9.00 Å². The Balaban J connectivity index is 2.81. The van der Waals surface area contributed by atoms with Gasteiger partial charge < -0.3 is 16.3 Å². The van der Waals surface area contributed by atoms with E-state index in [1.807, 2.05) is 6.07 Å². The van der Waals surface area contributed by atoms with Crippen LogP contribution in [0.3, 0.4) is 0 Å². The molecular formula is C12H17N3O3S. The van der Waals surface area contributed by atoms with Gasteiger partial charge in [0.15, 0.2) is 5.84 Å². The summed E-state index contributed by atoms with van der Waals surface area (Å²) < 4.78 is 10.9. The molecule has 19 heavy (non-hydrogen) atoms. The smallest absolute Gasteiger partial charge is 0.235 e. The van der Waals surface area contributed by atoms with Crippen LogP contribution in [-0.2, 0) is 15.6 Å². The fourth-order valence-electron chi connectivity index (χ4n) is 1.58. The number of carbonyl (C=O) groups excluding carboxylic acids is 1. The van der Waals surface area contributed by atoms with Crippen molar-refractivity contribution < 1.29 is 14.2 Å². The summed E-state index contributed by atoms with van der Waals surface area (Å²) in [6, 6.07) is 8.79. The topological polar surface area (TPSA) is 105 Å². The monoisotopic (exact) mass is 283 g/mol. The Morgan fingerprint density at radius 2 is 2.11 bits per heavy atom.